The molecule has 26 heavy (non-hydrogen) atoms. The molecule has 5 heteroatoms. The van der Waals surface area contributed by atoms with E-state index in [1.54, 1.807) is 12.2 Å². The maximum Gasteiger partial charge on any atom is 0.251 e. The normalized spacial score (nSPS) is 23.7. The molecule has 2 aliphatic heterocycles. The zero-order valence-corrected chi connectivity index (χ0v) is 16.0. The van der Waals surface area contributed by atoms with Crippen LogP contribution in [0.15, 0.2) is 60.5 Å². The lowest BCUT2D eigenvalue weighted by Crippen LogP contribution is -2.51. The fourth-order valence-corrected chi connectivity index (χ4v) is 3.33. The molecule has 1 atom stereocenters. The summed E-state index contributed by atoms with van der Waals surface area (Å²) >= 11 is 0. The summed E-state index contributed by atoms with van der Waals surface area (Å²) in [5, 5.41) is 0. The predicted molar refractivity (Wildman–Crippen MR) is 105 cm³/mol. The number of carbonyl (C=O) groups excluding carboxylic acids is 2. The van der Waals surface area contributed by atoms with Crippen LogP contribution in [0.5, 0.6) is 0 Å². The second kappa shape index (κ2) is 9.34. The van der Waals surface area contributed by atoms with E-state index >= 15 is 0 Å². The number of carbonyl (C=O) groups is 2. The monoisotopic (exact) mass is 355 g/mol. The van der Waals surface area contributed by atoms with Gasteiger partial charge in [0.05, 0.1) is 18.2 Å². The van der Waals surface area contributed by atoms with E-state index in [1.807, 2.05) is 38.2 Å². The highest BCUT2D eigenvalue weighted by Gasteiger charge is 2.43. The van der Waals surface area contributed by atoms with Crippen molar-refractivity contribution >= 4 is 11.8 Å². The molecule has 0 aromatic rings. The van der Waals surface area contributed by atoms with E-state index in [9.17, 15) is 9.59 Å². The molecular formula is C21H29N3O2. The van der Waals surface area contributed by atoms with Crippen LogP contribution in [0.25, 0.3) is 0 Å². The average Bonchev–Trinajstić information content (AvgIpc) is 2.95. The van der Waals surface area contributed by atoms with Crippen LogP contribution in [-0.2, 0) is 9.59 Å². The summed E-state index contributed by atoms with van der Waals surface area (Å²) in [5.41, 5.74) is 1.77. The van der Waals surface area contributed by atoms with Crippen molar-refractivity contribution in [2.45, 2.75) is 33.2 Å². The molecule has 0 spiro atoms. The molecule has 0 N–H and O–H groups in total. The Balaban J connectivity index is 2.04. The molecule has 2 saturated heterocycles. The van der Waals surface area contributed by atoms with Gasteiger partial charge in [0.1, 0.15) is 0 Å². The van der Waals surface area contributed by atoms with E-state index in [-0.39, 0.29) is 24.3 Å². The number of hydrogen-bond donors (Lipinski definition) is 0. The van der Waals surface area contributed by atoms with Crippen LogP contribution in [0, 0.1) is 0 Å². The van der Waals surface area contributed by atoms with Crippen LogP contribution >= 0.6 is 0 Å². The summed E-state index contributed by atoms with van der Waals surface area (Å²) in [6.45, 7) is 13.0. The van der Waals surface area contributed by atoms with Crippen LogP contribution in [0.3, 0.4) is 0 Å². The van der Waals surface area contributed by atoms with Crippen molar-refractivity contribution in [3.05, 3.63) is 60.5 Å². The zero-order valence-electron chi connectivity index (χ0n) is 16.0. The Labute approximate surface area is 156 Å². The second-order valence-corrected chi connectivity index (χ2v) is 6.47. The van der Waals surface area contributed by atoms with E-state index < -0.39 is 0 Å². The van der Waals surface area contributed by atoms with Gasteiger partial charge < -0.3 is 4.90 Å². The molecule has 5 nitrogen and oxygen atoms in total. The minimum Gasteiger partial charge on any atom is -0.372 e. The van der Waals surface area contributed by atoms with Crippen molar-refractivity contribution in [1.82, 2.24) is 14.7 Å². The second-order valence-electron chi connectivity index (χ2n) is 6.47. The Morgan fingerprint density at radius 2 is 1.65 bits per heavy atom. The minimum absolute atomic E-state index is 0.139. The van der Waals surface area contributed by atoms with Gasteiger partial charge in [-0.25, -0.2) is 4.90 Å². The number of nitrogens with zero attached hydrogens (tertiary/aromatic N) is 3. The van der Waals surface area contributed by atoms with Crippen molar-refractivity contribution in [2.24, 2.45) is 0 Å². The molecule has 0 aromatic heterocycles. The molecule has 2 fully saturated rings. The maximum atomic E-state index is 12.9. The fraction of sp³-hybridized carbons (Fsp3) is 0.429. The van der Waals surface area contributed by atoms with Gasteiger partial charge in [-0.15, -0.1) is 0 Å². The SMILES string of the molecule is C=C/C(=C\C=C/C)N1C(=O)CC(N2CCN(/C(C)=C/C=C\C)CC2)C1=O. The highest BCUT2D eigenvalue weighted by molar-refractivity contribution is 6.07. The van der Waals surface area contributed by atoms with Crippen LogP contribution < -0.4 is 0 Å². The van der Waals surface area contributed by atoms with Crippen LogP contribution in [0.1, 0.15) is 27.2 Å². The number of allylic oxidation sites excluding steroid dienone is 8. The lowest BCUT2D eigenvalue weighted by Gasteiger charge is -2.38. The van der Waals surface area contributed by atoms with Gasteiger partial charge in [-0.1, -0.05) is 30.9 Å². The van der Waals surface area contributed by atoms with Crippen LogP contribution in [-0.4, -0.2) is 58.7 Å². The molecule has 0 aliphatic carbocycles. The molecule has 2 heterocycles. The smallest absolute Gasteiger partial charge is 0.251 e. The molecule has 2 rings (SSSR count). The van der Waals surface area contributed by atoms with Crippen molar-refractivity contribution in [3.8, 4) is 0 Å². The molecule has 0 radical (unpaired) electrons. The first-order valence-corrected chi connectivity index (χ1v) is 9.14. The number of piperazine rings is 1. The van der Waals surface area contributed by atoms with Gasteiger partial charge in [0, 0.05) is 31.9 Å². The Morgan fingerprint density at radius 3 is 2.23 bits per heavy atom. The van der Waals surface area contributed by atoms with E-state index in [4.69, 9.17) is 0 Å². The van der Waals surface area contributed by atoms with E-state index in [1.165, 1.54) is 10.6 Å². The summed E-state index contributed by atoms with van der Waals surface area (Å²) in [6.07, 6.45) is 13.4. The third-order valence-electron chi connectivity index (χ3n) is 4.83. The van der Waals surface area contributed by atoms with Gasteiger partial charge in [-0.2, -0.15) is 0 Å². The zero-order chi connectivity index (χ0) is 19.1. The molecule has 140 valence electrons. The van der Waals surface area contributed by atoms with Crippen molar-refractivity contribution in [3.63, 3.8) is 0 Å². The molecular weight excluding hydrogens is 326 g/mol. The number of amides is 2. The molecule has 0 bridgehead atoms. The third-order valence-corrected chi connectivity index (χ3v) is 4.83. The first kappa shape index (κ1) is 19.9. The molecule has 2 aliphatic rings. The largest absolute Gasteiger partial charge is 0.372 e. The van der Waals surface area contributed by atoms with E-state index in [0.29, 0.717) is 5.70 Å². The lowest BCUT2D eigenvalue weighted by molar-refractivity contribution is -0.137. The number of imide groups is 1. The number of rotatable bonds is 6. The van der Waals surface area contributed by atoms with Gasteiger partial charge >= 0.3 is 0 Å². The van der Waals surface area contributed by atoms with Crippen LogP contribution in [0.4, 0.5) is 0 Å². The molecule has 1 unspecified atom stereocenters. The number of hydrogen-bond acceptors (Lipinski definition) is 4. The molecule has 2 amide bonds. The summed E-state index contributed by atoms with van der Waals surface area (Å²) in [6, 6.07) is -0.363. The third kappa shape index (κ3) is 4.41. The van der Waals surface area contributed by atoms with Gasteiger partial charge in [0.15, 0.2) is 0 Å². The first-order valence-electron chi connectivity index (χ1n) is 9.14. The van der Waals surface area contributed by atoms with Crippen LogP contribution in [0.2, 0.25) is 0 Å². The summed E-state index contributed by atoms with van der Waals surface area (Å²) in [4.78, 5) is 31.0. The summed E-state index contributed by atoms with van der Waals surface area (Å²) in [5.74, 6) is -0.289. The topological polar surface area (TPSA) is 43.9 Å². The standard InChI is InChI=1S/C21H29N3O2/c1-5-8-10-17(4)22-12-14-23(15-13-22)19-16-20(25)24(21(19)26)18(7-3)11-9-6-2/h5-11,19H,3,12-16H2,1-2,4H3/b8-5-,9-6-,17-10+,18-11+. The maximum absolute atomic E-state index is 12.9. The van der Waals surface area contributed by atoms with Crippen molar-refractivity contribution in [1.29, 1.82) is 0 Å². The summed E-state index contributed by atoms with van der Waals surface area (Å²) in [7, 11) is 0. The Morgan fingerprint density at radius 1 is 1.04 bits per heavy atom. The Bertz CT molecular complexity index is 665. The van der Waals surface area contributed by atoms with Crippen molar-refractivity contribution < 1.29 is 9.59 Å². The highest BCUT2D eigenvalue weighted by atomic mass is 16.2. The predicted octanol–water partition coefficient (Wildman–Crippen LogP) is 2.86. The van der Waals surface area contributed by atoms with Gasteiger partial charge in [-0.3, -0.25) is 14.5 Å². The minimum atomic E-state index is -0.363. The Kier molecular flexibility index (Phi) is 7.16. The van der Waals surface area contributed by atoms with Gasteiger partial charge in [0.25, 0.3) is 5.91 Å². The summed E-state index contributed by atoms with van der Waals surface area (Å²) < 4.78 is 0. The van der Waals surface area contributed by atoms with E-state index in [2.05, 4.69) is 29.4 Å². The van der Waals surface area contributed by atoms with E-state index in [0.717, 1.165) is 26.2 Å². The quantitative estimate of drug-likeness (QED) is 0.543. The van der Waals surface area contributed by atoms with Crippen molar-refractivity contribution in [2.75, 3.05) is 26.2 Å². The lowest BCUT2D eigenvalue weighted by atomic mass is 10.1. The molecule has 0 aromatic carbocycles. The average molecular weight is 355 g/mol. The Hall–Kier alpha value is -2.40. The first-order chi connectivity index (χ1) is 12.5. The molecule has 0 saturated carbocycles. The highest BCUT2D eigenvalue weighted by Crippen LogP contribution is 2.25. The fourth-order valence-electron chi connectivity index (χ4n) is 3.33. The number of likely N-dealkylation sites (tertiary alicyclic amines) is 1. The van der Waals surface area contributed by atoms with Gasteiger partial charge in [0.2, 0.25) is 5.91 Å². The van der Waals surface area contributed by atoms with Gasteiger partial charge in [-0.05, 0) is 39.0 Å².